The van der Waals surface area contributed by atoms with Gasteiger partial charge in [-0.2, -0.15) is 0 Å². The van der Waals surface area contributed by atoms with Crippen molar-refractivity contribution >= 4 is 5.69 Å². The summed E-state index contributed by atoms with van der Waals surface area (Å²) in [6.45, 7) is 0. The van der Waals surface area contributed by atoms with Crippen LogP contribution in [0.3, 0.4) is 0 Å². The highest BCUT2D eigenvalue weighted by Crippen LogP contribution is 2.24. The number of nitrogen functional groups attached to an aromatic ring is 1. The van der Waals surface area contributed by atoms with E-state index in [0.717, 1.165) is 11.1 Å². The second-order valence-electron chi connectivity index (χ2n) is 3.77. The Morgan fingerprint density at radius 2 is 1.61 bits per heavy atom. The topological polar surface area (TPSA) is 77.8 Å². The number of anilines is 1. The van der Waals surface area contributed by atoms with Gasteiger partial charge in [-0.15, -0.1) is 10.2 Å². The quantitative estimate of drug-likeness (QED) is 0.693. The van der Waals surface area contributed by atoms with Gasteiger partial charge in [0.05, 0.1) is 0 Å². The highest BCUT2D eigenvalue weighted by Gasteiger charge is 2.09. The molecule has 88 valence electrons. The lowest BCUT2D eigenvalue weighted by atomic mass is 10.2. The monoisotopic (exact) mass is 238 g/mol. The molecule has 2 heterocycles. The summed E-state index contributed by atoms with van der Waals surface area (Å²) in [5.41, 5.74) is 8.03. The van der Waals surface area contributed by atoms with Crippen molar-refractivity contribution in [2.45, 2.75) is 0 Å². The average Bonchev–Trinajstić information content (AvgIpc) is 2.89. The van der Waals surface area contributed by atoms with Gasteiger partial charge in [0, 0.05) is 29.2 Å². The van der Waals surface area contributed by atoms with E-state index in [2.05, 4.69) is 15.2 Å². The Labute approximate surface area is 103 Å². The molecular weight excluding hydrogens is 228 g/mol. The van der Waals surface area contributed by atoms with Gasteiger partial charge in [0.25, 0.3) is 0 Å². The summed E-state index contributed by atoms with van der Waals surface area (Å²) in [5, 5.41) is 8.02. The normalized spacial score (nSPS) is 10.4. The van der Waals surface area contributed by atoms with E-state index in [1.165, 1.54) is 0 Å². The van der Waals surface area contributed by atoms with Crippen LogP contribution in [0.5, 0.6) is 0 Å². The molecule has 0 saturated carbocycles. The molecule has 0 aliphatic carbocycles. The smallest absolute Gasteiger partial charge is 0.248 e. The Morgan fingerprint density at radius 1 is 0.889 bits per heavy atom. The van der Waals surface area contributed by atoms with Crippen molar-refractivity contribution in [3.63, 3.8) is 0 Å². The fourth-order valence-corrected chi connectivity index (χ4v) is 1.62. The van der Waals surface area contributed by atoms with Crippen molar-refractivity contribution in [2.75, 3.05) is 5.73 Å². The van der Waals surface area contributed by atoms with E-state index in [4.69, 9.17) is 10.2 Å². The van der Waals surface area contributed by atoms with Gasteiger partial charge in [-0.05, 0) is 30.3 Å². The lowest BCUT2D eigenvalue weighted by molar-refractivity contribution is 0.584. The molecule has 0 unspecified atom stereocenters. The van der Waals surface area contributed by atoms with Gasteiger partial charge in [-0.25, -0.2) is 0 Å². The van der Waals surface area contributed by atoms with E-state index in [1.807, 2.05) is 30.3 Å². The van der Waals surface area contributed by atoms with Crippen LogP contribution in [-0.2, 0) is 0 Å². The summed E-state index contributed by atoms with van der Waals surface area (Å²) in [6, 6.07) is 11.0. The van der Waals surface area contributed by atoms with E-state index in [0.29, 0.717) is 17.5 Å². The molecule has 5 nitrogen and oxygen atoms in total. The minimum Gasteiger partial charge on any atom is -0.416 e. The molecule has 0 spiro atoms. The lowest BCUT2D eigenvalue weighted by Gasteiger charge is -1.96. The van der Waals surface area contributed by atoms with E-state index in [9.17, 15) is 0 Å². The Morgan fingerprint density at radius 3 is 2.33 bits per heavy atom. The van der Waals surface area contributed by atoms with Gasteiger partial charge in [0.2, 0.25) is 11.8 Å². The van der Waals surface area contributed by atoms with Gasteiger partial charge in [-0.3, -0.25) is 4.98 Å². The summed E-state index contributed by atoms with van der Waals surface area (Å²) >= 11 is 0. The fraction of sp³-hybridized carbons (Fsp3) is 0. The third-order valence-corrected chi connectivity index (χ3v) is 2.49. The molecule has 2 aromatic heterocycles. The molecule has 0 atom stereocenters. The van der Waals surface area contributed by atoms with Gasteiger partial charge < -0.3 is 10.2 Å². The number of aromatic nitrogens is 3. The van der Waals surface area contributed by atoms with Crippen LogP contribution in [-0.4, -0.2) is 15.2 Å². The first-order valence-electron chi connectivity index (χ1n) is 5.43. The molecule has 0 radical (unpaired) electrons. The summed E-state index contributed by atoms with van der Waals surface area (Å²) in [5.74, 6) is 0.920. The van der Waals surface area contributed by atoms with Gasteiger partial charge in [-0.1, -0.05) is 6.07 Å². The highest BCUT2D eigenvalue weighted by molar-refractivity contribution is 5.61. The SMILES string of the molecule is Nc1cccc(-c2nnc(-c3ccncc3)o2)c1. The zero-order valence-corrected chi connectivity index (χ0v) is 9.45. The third-order valence-electron chi connectivity index (χ3n) is 2.49. The summed E-state index contributed by atoms with van der Waals surface area (Å²) in [4.78, 5) is 3.94. The van der Waals surface area contributed by atoms with Gasteiger partial charge >= 0.3 is 0 Å². The third kappa shape index (κ3) is 1.93. The molecule has 1 aromatic carbocycles. The predicted molar refractivity (Wildman–Crippen MR) is 67.4 cm³/mol. The first kappa shape index (κ1) is 10.5. The molecule has 0 saturated heterocycles. The van der Waals surface area contributed by atoms with Crippen molar-refractivity contribution in [1.82, 2.24) is 15.2 Å². The molecule has 18 heavy (non-hydrogen) atoms. The van der Waals surface area contributed by atoms with Crippen LogP contribution in [0.1, 0.15) is 0 Å². The molecule has 0 amide bonds. The summed E-state index contributed by atoms with van der Waals surface area (Å²) in [7, 11) is 0. The molecule has 0 bridgehead atoms. The number of nitrogens with zero attached hydrogens (tertiary/aromatic N) is 3. The number of hydrogen-bond donors (Lipinski definition) is 1. The van der Waals surface area contributed by atoms with Crippen LogP contribution in [0.4, 0.5) is 5.69 Å². The molecule has 3 aromatic rings. The first-order valence-corrected chi connectivity index (χ1v) is 5.43. The molecule has 0 aliphatic rings. The zero-order chi connectivity index (χ0) is 12.4. The minimum absolute atomic E-state index is 0.453. The minimum atomic E-state index is 0.453. The Kier molecular flexibility index (Phi) is 2.49. The van der Waals surface area contributed by atoms with Crippen LogP contribution >= 0.6 is 0 Å². The fourth-order valence-electron chi connectivity index (χ4n) is 1.62. The van der Waals surface area contributed by atoms with Crippen molar-refractivity contribution in [1.29, 1.82) is 0 Å². The van der Waals surface area contributed by atoms with Crippen LogP contribution in [0.2, 0.25) is 0 Å². The Balaban J connectivity index is 2.00. The number of nitrogens with two attached hydrogens (primary N) is 1. The molecule has 2 N–H and O–H groups in total. The van der Waals surface area contributed by atoms with E-state index in [-0.39, 0.29) is 0 Å². The molecular formula is C13H10N4O. The maximum absolute atomic E-state index is 5.72. The molecule has 0 aliphatic heterocycles. The maximum atomic E-state index is 5.72. The van der Waals surface area contributed by atoms with Crippen molar-refractivity contribution in [3.8, 4) is 22.9 Å². The van der Waals surface area contributed by atoms with Crippen LogP contribution in [0, 0.1) is 0 Å². The summed E-state index contributed by atoms with van der Waals surface area (Å²) < 4.78 is 5.61. The van der Waals surface area contributed by atoms with E-state index < -0.39 is 0 Å². The number of benzene rings is 1. The lowest BCUT2D eigenvalue weighted by Crippen LogP contribution is -1.84. The zero-order valence-electron chi connectivity index (χ0n) is 9.45. The Bertz CT molecular complexity index is 664. The second-order valence-corrected chi connectivity index (χ2v) is 3.77. The van der Waals surface area contributed by atoms with Crippen LogP contribution in [0.15, 0.2) is 53.2 Å². The average molecular weight is 238 g/mol. The van der Waals surface area contributed by atoms with Crippen LogP contribution < -0.4 is 5.73 Å². The number of pyridine rings is 1. The Hall–Kier alpha value is -2.69. The molecule has 3 rings (SSSR count). The van der Waals surface area contributed by atoms with Crippen molar-refractivity contribution in [3.05, 3.63) is 48.8 Å². The van der Waals surface area contributed by atoms with Crippen molar-refractivity contribution in [2.24, 2.45) is 0 Å². The standard InChI is InChI=1S/C13H10N4O/c14-11-3-1-2-10(8-11)13-17-16-12(18-13)9-4-6-15-7-5-9/h1-8H,14H2. The second kappa shape index (κ2) is 4.29. The highest BCUT2D eigenvalue weighted by atomic mass is 16.4. The van der Waals surface area contributed by atoms with Crippen LogP contribution in [0.25, 0.3) is 22.9 Å². The molecule has 0 fully saturated rings. The summed E-state index contributed by atoms with van der Waals surface area (Å²) in [6.07, 6.45) is 3.36. The predicted octanol–water partition coefficient (Wildman–Crippen LogP) is 2.38. The number of hydrogen-bond acceptors (Lipinski definition) is 5. The van der Waals surface area contributed by atoms with Gasteiger partial charge in [0.15, 0.2) is 0 Å². The maximum Gasteiger partial charge on any atom is 0.248 e. The largest absolute Gasteiger partial charge is 0.416 e. The van der Waals surface area contributed by atoms with Crippen molar-refractivity contribution < 1.29 is 4.42 Å². The first-order chi connectivity index (χ1) is 8.83. The number of rotatable bonds is 2. The molecule has 5 heteroatoms. The van der Waals surface area contributed by atoms with E-state index in [1.54, 1.807) is 18.5 Å². The van der Waals surface area contributed by atoms with Gasteiger partial charge in [0.1, 0.15) is 0 Å². The van der Waals surface area contributed by atoms with E-state index >= 15 is 0 Å².